The van der Waals surface area contributed by atoms with Crippen molar-refractivity contribution in [2.24, 2.45) is 5.92 Å². The Morgan fingerprint density at radius 2 is 2.21 bits per heavy atom. The van der Waals surface area contributed by atoms with Gasteiger partial charge in [0, 0.05) is 19.6 Å². The molecule has 1 N–H and O–H groups in total. The van der Waals surface area contributed by atoms with Crippen molar-refractivity contribution >= 4 is 17.4 Å². The molecule has 1 aliphatic rings. The molecule has 1 aliphatic heterocycles. The zero-order valence-corrected chi connectivity index (χ0v) is 12.7. The van der Waals surface area contributed by atoms with E-state index >= 15 is 0 Å². The highest BCUT2D eigenvalue weighted by molar-refractivity contribution is 6.31. The predicted octanol–water partition coefficient (Wildman–Crippen LogP) is 3.47. The topological polar surface area (TPSA) is 28.2 Å². The second-order valence-electron chi connectivity index (χ2n) is 5.40. The largest absolute Gasteiger partial charge is 0.357 e. The summed E-state index contributed by atoms with van der Waals surface area (Å²) < 4.78 is 0. The molecule has 3 nitrogen and oxygen atoms in total. The maximum absolute atomic E-state index is 6.21. The van der Waals surface area contributed by atoms with Crippen molar-refractivity contribution in [1.29, 1.82) is 0 Å². The summed E-state index contributed by atoms with van der Waals surface area (Å²) in [7, 11) is 0. The van der Waals surface area contributed by atoms with E-state index in [2.05, 4.69) is 24.1 Å². The summed E-state index contributed by atoms with van der Waals surface area (Å²) in [4.78, 5) is 7.13. The fourth-order valence-electron chi connectivity index (χ4n) is 2.51. The lowest BCUT2D eigenvalue weighted by molar-refractivity contribution is 0.521. The van der Waals surface area contributed by atoms with Crippen LogP contribution in [0.2, 0.25) is 5.02 Å². The number of rotatable bonds is 4. The van der Waals surface area contributed by atoms with E-state index in [1.54, 1.807) is 0 Å². The van der Waals surface area contributed by atoms with Crippen LogP contribution >= 0.6 is 11.6 Å². The number of pyridine rings is 1. The standard InChI is InChI=1S/C15H24ClN3/c1-3-17-11-14-13(16)6-7-15(18-14)19-9-4-5-12(2)8-10-19/h6-7,12,17H,3-5,8-11H2,1-2H3. The highest BCUT2D eigenvalue weighted by Crippen LogP contribution is 2.23. The number of nitrogens with one attached hydrogen (secondary N) is 1. The molecule has 4 heteroatoms. The smallest absolute Gasteiger partial charge is 0.128 e. The van der Waals surface area contributed by atoms with Crippen molar-refractivity contribution in [3.8, 4) is 0 Å². The fraction of sp³-hybridized carbons (Fsp3) is 0.667. The molecule has 0 aromatic carbocycles. The Morgan fingerprint density at radius 3 is 3.00 bits per heavy atom. The van der Waals surface area contributed by atoms with Gasteiger partial charge in [-0.15, -0.1) is 0 Å². The Morgan fingerprint density at radius 1 is 1.37 bits per heavy atom. The van der Waals surface area contributed by atoms with Gasteiger partial charge in [0.05, 0.1) is 10.7 Å². The first-order valence-corrected chi connectivity index (χ1v) is 7.69. The third kappa shape index (κ3) is 4.08. The SMILES string of the molecule is CCNCc1nc(N2CCCC(C)CC2)ccc1Cl. The molecule has 0 aliphatic carbocycles. The highest BCUT2D eigenvalue weighted by atomic mass is 35.5. The molecule has 0 bridgehead atoms. The summed E-state index contributed by atoms with van der Waals surface area (Å²) in [6.45, 7) is 8.33. The lowest BCUT2D eigenvalue weighted by Gasteiger charge is -2.22. The zero-order valence-electron chi connectivity index (χ0n) is 12.0. The molecule has 2 rings (SSSR count). The monoisotopic (exact) mass is 281 g/mol. The Labute approximate surface area is 121 Å². The van der Waals surface area contributed by atoms with Crippen LogP contribution in [0.1, 0.15) is 38.8 Å². The van der Waals surface area contributed by atoms with Gasteiger partial charge in [-0.1, -0.05) is 25.4 Å². The van der Waals surface area contributed by atoms with Crippen molar-refractivity contribution in [3.63, 3.8) is 0 Å². The molecule has 0 spiro atoms. The van der Waals surface area contributed by atoms with Crippen LogP contribution in [-0.2, 0) is 6.54 Å². The number of halogens is 1. The third-order valence-electron chi connectivity index (χ3n) is 3.79. The van der Waals surface area contributed by atoms with E-state index in [1.165, 1.54) is 19.3 Å². The van der Waals surface area contributed by atoms with Gasteiger partial charge in [0.1, 0.15) is 5.82 Å². The quantitative estimate of drug-likeness (QED) is 0.916. The maximum atomic E-state index is 6.21. The average Bonchev–Trinajstić information content (AvgIpc) is 2.63. The first-order valence-electron chi connectivity index (χ1n) is 7.31. The second kappa shape index (κ2) is 7.11. The molecule has 1 fully saturated rings. The Kier molecular flexibility index (Phi) is 5.46. The van der Waals surface area contributed by atoms with Crippen LogP contribution in [-0.4, -0.2) is 24.6 Å². The molecule has 1 aromatic heterocycles. The van der Waals surface area contributed by atoms with E-state index in [0.29, 0.717) is 0 Å². The highest BCUT2D eigenvalue weighted by Gasteiger charge is 2.16. The van der Waals surface area contributed by atoms with E-state index < -0.39 is 0 Å². The number of aromatic nitrogens is 1. The molecule has 2 heterocycles. The van der Waals surface area contributed by atoms with Gasteiger partial charge >= 0.3 is 0 Å². The summed E-state index contributed by atoms with van der Waals surface area (Å²) >= 11 is 6.21. The molecule has 1 aromatic rings. The van der Waals surface area contributed by atoms with Crippen LogP contribution in [0.15, 0.2) is 12.1 Å². The van der Waals surface area contributed by atoms with Crippen LogP contribution < -0.4 is 10.2 Å². The van der Waals surface area contributed by atoms with E-state index in [1.807, 2.05) is 12.1 Å². The average molecular weight is 282 g/mol. The molecule has 0 radical (unpaired) electrons. The van der Waals surface area contributed by atoms with Gasteiger partial charge in [0.25, 0.3) is 0 Å². The lowest BCUT2D eigenvalue weighted by atomic mass is 10.0. The molecule has 1 atom stereocenters. The molecule has 1 unspecified atom stereocenters. The zero-order chi connectivity index (χ0) is 13.7. The van der Waals surface area contributed by atoms with Crippen LogP contribution in [0, 0.1) is 5.92 Å². The van der Waals surface area contributed by atoms with E-state index in [4.69, 9.17) is 16.6 Å². The summed E-state index contributed by atoms with van der Waals surface area (Å²) in [5.41, 5.74) is 0.957. The third-order valence-corrected chi connectivity index (χ3v) is 4.13. The molecule has 106 valence electrons. The molecule has 1 saturated heterocycles. The van der Waals surface area contributed by atoms with E-state index in [-0.39, 0.29) is 0 Å². The Balaban J connectivity index is 2.10. The summed E-state index contributed by atoms with van der Waals surface area (Å²) in [6, 6.07) is 4.03. The number of anilines is 1. The van der Waals surface area contributed by atoms with Gasteiger partial charge in [-0.05, 0) is 43.9 Å². The summed E-state index contributed by atoms with van der Waals surface area (Å²) in [6.07, 6.45) is 3.84. The maximum Gasteiger partial charge on any atom is 0.128 e. The minimum atomic E-state index is 0.743. The number of hydrogen-bond donors (Lipinski definition) is 1. The van der Waals surface area contributed by atoms with Crippen molar-refractivity contribution in [2.45, 2.75) is 39.7 Å². The van der Waals surface area contributed by atoms with Crippen molar-refractivity contribution in [1.82, 2.24) is 10.3 Å². The minimum absolute atomic E-state index is 0.743. The predicted molar refractivity (Wildman–Crippen MR) is 81.9 cm³/mol. The Bertz CT molecular complexity index is 408. The van der Waals surface area contributed by atoms with Gasteiger partial charge in [-0.2, -0.15) is 0 Å². The van der Waals surface area contributed by atoms with Crippen molar-refractivity contribution in [3.05, 3.63) is 22.8 Å². The Hall–Kier alpha value is -0.800. The van der Waals surface area contributed by atoms with Crippen LogP contribution in [0.3, 0.4) is 0 Å². The van der Waals surface area contributed by atoms with Crippen LogP contribution in [0.25, 0.3) is 0 Å². The van der Waals surface area contributed by atoms with Crippen molar-refractivity contribution < 1.29 is 0 Å². The minimum Gasteiger partial charge on any atom is -0.357 e. The molecule has 0 saturated carbocycles. The van der Waals surface area contributed by atoms with E-state index in [0.717, 1.165) is 48.6 Å². The lowest BCUT2D eigenvalue weighted by Crippen LogP contribution is -2.26. The van der Waals surface area contributed by atoms with Gasteiger partial charge < -0.3 is 10.2 Å². The normalized spacial score (nSPS) is 20.4. The van der Waals surface area contributed by atoms with Gasteiger partial charge in [-0.3, -0.25) is 0 Å². The van der Waals surface area contributed by atoms with Gasteiger partial charge in [-0.25, -0.2) is 4.98 Å². The summed E-state index contributed by atoms with van der Waals surface area (Å²) in [5.74, 6) is 1.91. The first-order chi connectivity index (χ1) is 9.20. The van der Waals surface area contributed by atoms with Gasteiger partial charge in [0.15, 0.2) is 0 Å². The first kappa shape index (κ1) is 14.6. The van der Waals surface area contributed by atoms with Gasteiger partial charge in [0.2, 0.25) is 0 Å². The second-order valence-corrected chi connectivity index (χ2v) is 5.81. The van der Waals surface area contributed by atoms with Crippen LogP contribution in [0.4, 0.5) is 5.82 Å². The van der Waals surface area contributed by atoms with Crippen molar-refractivity contribution in [2.75, 3.05) is 24.5 Å². The number of nitrogens with zero attached hydrogens (tertiary/aromatic N) is 2. The molecule has 0 amide bonds. The molecular weight excluding hydrogens is 258 g/mol. The fourth-order valence-corrected chi connectivity index (χ4v) is 2.68. The van der Waals surface area contributed by atoms with Crippen LogP contribution in [0.5, 0.6) is 0 Å². The number of hydrogen-bond acceptors (Lipinski definition) is 3. The molecule has 19 heavy (non-hydrogen) atoms. The molecular formula is C15H24ClN3. The van der Waals surface area contributed by atoms with E-state index in [9.17, 15) is 0 Å². The summed E-state index contributed by atoms with van der Waals surface area (Å²) in [5, 5.41) is 4.05.